The Morgan fingerprint density at radius 2 is 2.07 bits per heavy atom. The van der Waals surface area contributed by atoms with E-state index >= 15 is 0 Å². The molecule has 1 amide bonds. The van der Waals surface area contributed by atoms with Crippen molar-refractivity contribution in [1.82, 2.24) is 24.9 Å². The van der Waals surface area contributed by atoms with Gasteiger partial charge < -0.3 is 10.1 Å². The highest BCUT2D eigenvalue weighted by molar-refractivity contribution is 5.92. The summed E-state index contributed by atoms with van der Waals surface area (Å²) in [7, 11) is 3.85. The molecule has 7 heteroatoms. The lowest BCUT2D eigenvalue weighted by molar-refractivity contribution is -0.119. The molecule has 29 heavy (non-hydrogen) atoms. The largest absolute Gasteiger partial charge is 0.490 e. The molecule has 0 saturated carbocycles. The van der Waals surface area contributed by atoms with E-state index in [0.29, 0.717) is 13.0 Å². The first-order valence-electron chi connectivity index (χ1n) is 9.81. The van der Waals surface area contributed by atoms with Crippen LogP contribution in [0.1, 0.15) is 13.3 Å². The second-order valence-electron chi connectivity index (χ2n) is 7.84. The normalized spacial score (nSPS) is 17.8. The smallest absolute Gasteiger partial charge is 0.220 e. The number of nitrogens with zero attached hydrogens (tertiary/aromatic N) is 4. The van der Waals surface area contributed by atoms with E-state index in [2.05, 4.69) is 45.8 Å². The number of hydrogen-bond acceptors (Lipinski definition) is 4. The third-order valence-corrected chi connectivity index (χ3v) is 5.77. The molecular formula is C22H23N5O2. The Bertz CT molecular complexity index is 1240. The van der Waals surface area contributed by atoms with Crippen LogP contribution in [-0.2, 0) is 18.9 Å². The van der Waals surface area contributed by atoms with E-state index in [4.69, 9.17) is 4.74 Å². The molecule has 4 aromatic rings. The van der Waals surface area contributed by atoms with Crippen LogP contribution in [0.3, 0.4) is 0 Å². The number of aryl methyl sites for hydroxylation is 2. The Labute approximate surface area is 168 Å². The molecule has 1 N–H and O–H groups in total. The van der Waals surface area contributed by atoms with Crippen LogP contribution in [-0.4, -0.2) is 38.1 Å². The number of hydrogen-bond donors (Lipinski definition) is 1. The molecule has 0 bridgehead atoms. The number of nitrogens with one attached hydrogen (secondary N) is 1. The minimum Gasteiger partial charge on any atom is -0.490 e. The standard InChI is InChI=1S/C22H23N5O2/c1-13(16-9-22(28)23-10-16)29-21-8-15(7-19-18(21)12-26(2)25-19)14-4-5-20-17(6-14)11-24-27(20)3/h4-8,11-13,16H,9-10H2,1-3H3,(H,23,28)/t13?,16-/m1/s1. The highest BCUT2D eigenvalue weighted by atomic mass is 16.5. The van der Waals surface area contributed by atoms with Crippen molar-refractivity contribution >= 4 is 27.7 Å². The van der Waals surface area contributed by atoms with Gasteiger partial charge in [-0.25, -0.2) is 0 Å². The summed E-state index contributed by atoms with van der Waals surface area (Å²) in [6.45, 7) is 2.69. The quantitative estimate of drug-likeness (QED) is 0.582. The zero-order valence-electron chi connectivity index (χ0n) is 16.7. The fourth-order valence-electron chi connectivity index (χ4n) is 4.07. The number of fused-ring (bicyclic) bond motifs is 2. The van der Waals surface area contributed by atoms with Crippen molar-refractivity contribution in [3.63, 3.8) is 0 Å². The second-order valence-corrected chi connectivity index (χ2v) is 7.84. The summed E-state index contributed by atoms with van der Waals surface area (Å²) in [5.41, 5.74) is 4.12. The van der Waals surface area contributed by atoms with Crippen LogP contribution < -0.4 is 10.1 Å². The molecule has 1 aliphatic rings. The summed E-state index contributed by atoms with van der Waals surface area (Å²) in [4.78, 5) is 11.6. The van der Waals surface area contributed by atoms with E-state index in [0.717, 1.165) is 38.7 Å². The first-order valence-corrected chi connectivity index (χ1v) is 9.81. The highest BCUT2D eigenvalue weighted by Crippen LogP contribution is 2.34. The molecule has 1 saturated heterocycles. The molecule has 0 aliphatic carbocycles. The molecule has 2 atom stereocenters. The van der Waals surface area contributed by atoms with E-state index in [9.17, 15) is 4.79 Å². The van der Waals surface area contributed by atoms with E-state index in [1.165, 1.54) is 0 Å². The van der Waals surface area contributed by atoms with Gasteiger partial charge in [-0.3, -0.25) is 14.2 Å². The number of aromatic nitrogens is 4. The second kappa shape index (κ2) is 6.62. The molecule has 7 nitrogen and oxygen atoms in total. The van der Waals surface area contributed by atoms with Gasteiger partial charge in [-0.1, -0.05) is 6.07 Å². The molecule has 1 unspecified atom stereocenters. The highest BCUT2D eigenvalue weighted by Gasteiger charge is 2.28. The predicted octanol–water partition coefficient (Wildman–Crippen LogP) is 3.03. The monoisotopic (exact) mass is 389 g/mol. The molecule has 1 fully saturated rings. The number of carbonyl (C=O) groups excluding carboxylic acids is 1. The fraction of sp³-hybridized carbons (Fsp3) is 0.318. The molecule has 2 aromatic carbocycles. The van der Waals surface area contributed by atoms with Crippen molar-refractivity contribution in [3.8, 4) is 16.9 Å². The zero-order chi connectivity index (χ0) is 20.1. The van der Waals surface area contributed by atoms with Gasteiger partial charge in [0.2, 0.25) is 5.91 Å². The molecule has 2 aromatic heterocycles. The number of carbonyl (C=O) groups is 1. The lowest BCUT2D eigenvalue weighted by Crippen LogP contribution is -2.25. The van der Waals surface area contributed by atoms with Gasteiger partial charge in [-0.2, -0.15) is 10.2 Å². The van der Waals surface area contributed by atoms with E-state index in [1.807, 2.05) is 38.1 Å². The Balaban J connectivity index is 1.56. The van der Waals surface area contributed by atoms with Crippen LogP contribution >= 0.6 is 0 Å². The number of benzene rings is 2. The topological polar surface area (TPSA) is 74.0 Å². The first-order chi connectivity index (χ1) is 14.0. The minimum absolute atomic E-state index is 0.0755. The van der Waals surface area contributed by atoms with Gasteiger partial charge >= 0.3 is 0 Å². The maximum atomic E-state index is 11.6. The third kappa shape index (κ3) is 3.12. The summed E-state index contributed by atoms with van der Waals surface area (Å²) < 4.78 is 10.0. The maximum Gasteiger partial charge on any atom is 0.220 e. The molecule has 3 heterocycles. The van der Waals surface area contributed by atoms with Crippen molar-refractivity contribution in [2.24, 2.45) is 20.0 Å². The van der Waals surface area contributed by atoms with E-state index in [-0.39, 0.29) is 17.9 Å². The number of rotatable bonds is 4. The van der Waals surface area contributed by atoms with Crippen LogP contribution in [0.25, 0.3) is 32.9 Å². The predicted molar refractivity (Wildman–Crippen MR) is 112 cm³/mol. The van der Waals surface area contributed by atoms with Crippen LogP contribution in [0.5, 0.6) is 5.75 Å². The summed E-state index contributed by atoms with van der Waals surface area (Å²) >= 11 is 0. The lowest BCUT2D eigenvalue weighted by Gasteiger charge is -2.20. The van der Waals surface area contributed by atoms with Gasteiger partial charge in [0, 0.05) is 44.6 Å². The van der Waals surface area contributed by atoms with Crippen molar-refractivity contribution in [1.29, 1.82) is 0 Å². The van der Waals surface area contributed by atoms with E-state index < -0.39 is 0 Å². The van der Waals surface area contributed by atoms with Crippen molar-refractivity contribution in [3.05, 3.63) is 42.7 Å². The summed E-state index contributed by atoms with van der Waals surface area (Å²) in [5, 5.41) is 13.9. The summed E-state index contributed by atoms with van der Waals surface area (Å²) in [6, 6.07) is 10.5. The Morgan fingerprint density at radius 3 is 2.86 bits per heavy atom. The number of ether oxygens (including phenoxy) is 1. The molecular weight excluding hydrogens is 366 g/mol. The average molecular weight is 389 g/mol. The summed E-state index contributed by atoms with van der Waals surface area (Å²) in [6.07, 6.45) is 4.29. The van der Waals surface area contributed by atoms with Gasteiger partial charge in [-0.15, -0.1) is 0 Å². The molecule has 0 spiro atoms. The minimum atomic E-state index is -0.0755. The van der Waals surface area contributed by atoms with Crippen molar-refractivity contribution in [2.75, 3.05) is 6.54 Å². The SMILES string of the molecule is CC(Oc1cc(-c2ccc3c(cnn3C)c2)cc2nn(C)cc12)[C@H]1CNC(=O)C1. The maximum absolute atomic E-state index is 11.6. The Kier molecular flexibility index (Phi) is 4.04. The van der Waals surface area contributed by atoms with Crippen LogP contribution in [0.2, 0.25) is 0 Å². The third-order valence-electron chi connectivity index (χ3n) is 5.77. The first kappa shape index (κ1) is 17.7. The molecule has 0 radical (unpaired) electrons. The van der Waals surface area contributed by atoms with E-state index in [1.54, 1.807) is 4.68 Å². The Morgan fingerprint density at radius 1 is 1.21 bits per heavy atom. The molecule has 1 aliphatic heterocycles. The van der Waals surface area contributed by atoms with Crippen LogP contribution in [0.4, 0.5) is 0 Å². The van der Waals surface area contributed by atoms with Gasteiger partial charge in [0.25, 0.3) is 0 Å². The zero-order valence-corrected chi connectivity index (χ0v) is 16.7. The summed E-state index contributed by atoms with van der Waals surface area (Å²) in [5.74, 6) is 1.06. The van der Waals surface area contributed by atoms with Gasteiger partial charge in [0.05, 0.1) is 22.6 Å². The van der Waals surface area contributed by atoms with Crippen molar-refractivity contribution < 1.29 is 9.53 Å². The number of amides is 1. The molecule has 148 valence electrons. The van der Waals surface area contributed by atoms with Crippen LogP contribution in [0, 0.1) is 5.92 Å². The van der Waals surface area contributed by atoms with Gasteiger partial charge in [0.1, 0.15) is 11.9 Å². The Hall–Kier alpha value is -3.35. The van der Waals surface area contributed by atoms with Crippen molar-refractivity contribution in [2.45, 2.75) is 19.4 Å². The van der Waals surface area contributed by atoms with Gasteiger partial charge in [0.15, 0.2) is 0 Å². The fourth-order valence-corrected chi connectivity index (χ4v) is 4.07. The molecule has 5 rings (SSSR count). The van der Waals surface area contributed by atoms with Gasteiger partial charge in [-0.05, 0) is 42.3 Å². The average Bonchev–Trinajstić information content (AvgIpc) is 3.39. The van der Waals surface area contributed by atoms with Crippen LogP contribution in [0.15, 0.2) is 42.7 Å². The lowest BCUT2D eigenvalue weighted by atomic mass is 10.0.